The Labute approximate surface area is 185 Å². The number of fused-ring (bicyclic) bond motifs is 2. The van der Waals surface area contributed by atoms with E-state index in [1.165, 1.54) is 18.4 Å². The summed E-state index contributed by atoms with van der Waals surface area (Å²) < 4.78 is 11.5. The van der Waals surface area contributed by atoms with Crippen molar-refractivity contribution in [2.24, 2.45) is 5.92 Å². The molecule has 0 radical (unpaired) electrons. The Morgan fingerprint density at radius 3 is 2.72 bits per heavy atom. The molecule has 0 unspecified atom stereocenters. The van der Waals surface area contributed by atoms with Crippen molar-refractivity contribution in [2.75, 3.05) is 18.5 Å². The molecule has 0 amide bonds. The minimum Gasteiger partial charge on any atom is -0.486 e. The van der Waals surface area contributed by atoms with E-state index in [1.54, 1.807) is 6.33 Å². The van der Waals surface area contributed by atoms with Gasteiger partial charge in [-0.05, 0) is 48.4 Å². The molecule has 1 fully saturated rings. The van der Waals surface area contributed by atoms with Crippen molar-refractivity contribution in [3.05, 3.63) is 47.9 Å². The molecular formula is C24H26N6O2. The summed E-state index contributed by atoms with van der Waals surface area (Å²) in [6, 6.07) is 8.32. The molecular weight excluding hydrogens is 404 g/mol. The molecule has 1 atom stereocenters. The van der Waals surface area contributed by atoms with Crippen molar-refractivity contribution in [1.82, 2.24) is 25.1 Å². The van der Waals surface area contributed by atoms with E-state index in [1.807, 2.05) is 12.3 Å². The highest BCUT2D eigenvalue weighted by atomic mass is 16.6. The molecule has 4 aromatic rings. The van der Waals surface area contributed by atoms with E-state index in [4.69, 9.17) is 9.47 Å². The van der Waals surface area contributed by atoms with Gasteiger partial charge in [0.25, 0.3) is 0 Å². The van der Waals surface area contributed by atoms with Crippen LogP contribution in [0, 0.1) is 5.92 Å². The van der Waals surface area contributed by atoms with Crippen LogP contribution in [0.2, 0.25) is 0 Å². The van der Waals surface area contributed by atoms with Gasteiger partial charge in [-0.15, -0.1) is 0 Å². The minimum atomic E-state index is 0.0523. The monoisotopic (exact) mass is 430 g/mol. The Balaban J connectivity index is 1.35. The maximum atomic E-state index is 5.80. The van der Waals surface area contributed by atoms with E-state index in [2.05, 4.69) is 62.5 Å². The zero-order valence-electron chi connectivity index (χ0n) is 18.2. The average molecular weight is 431 g/mol. The summed E-state index contributed by atoms with van der Waals surface area (Å²) >= 11 is 0. The topological polar surface area (TPSA) is 101 Å². The van der Waals surface area contributed by atoms with Crippen LogP contribution in [0.25, 0.3) is 22.4 Å². The molecule has 1 aliphatic carbocycles. The SMILES string of the molecule is CC(C)[C@@H](Nc1ncnc2[nH]c(-c3[nH]ncc3C3CC3)cc12)c1ccc2c(c1)OCCO2. The van der Waals surface area contributed by atoms with E-state index >= 15 is 0 Å². The van der Waals surface area contributed by atoms with Crippen molar-refractivity contribution < 1.29 is 9.47 Å². The zero-order chi connectivity index (χ0) is 21.7. The Morgan fingerprint density at radius 1 is 1.06 bits per heavy atom. The molecule has 0 bridgehead atoms. The molecule has 6 rings (SSSR count). The molecule has 3 N–H and O–H groups in total. The van der Waals surface area contributed by atoms with Gasteiger partial charge in [0.1, 0.15) is 31.0 Å². The predicted molar refractivity (Wildman–Crippen MR) is 122 cm³/mol. The third-order valence-electron chi connectivity index (χ3n) is 6.27. The van der Waals surface area contributed by atoms with Crippen LogP contribution < -0.4 is 14.8 Å². The Morgan fingerprint density at radius 2 is 1.91 bits per heavy atom. The molecule has 1 aromatic carbocycles. The molecule has 1 aliphatic heterocycles. The molecule has 8 heteroatoms. The van der Waals surface area contributed by atoms with Gasteiger partial charge in [0.2, 0.25) is 0 Å². The number of rotatable bonds is 6. The first kappa shape index (κ1) is 19.2. The molecule has 0 spiro atoms. The number of ether oxygens (including phenoxy) is 2. The maximum Gasteiger partial charge on any atom is 0.161 e. The van der Waals surface area contributed by atoms with E-state index in [-0.39, 0.29) is 6.04 Å². The molecule has 4 heterocycles. The fourth-order valence-corrected chi connectivity index (χ4v) is 4.44. The van der Waals surface area contributed by atoms with Gasteiger partial charge in [-0.3, -0.25) is 5.10 Å². The van der Waals surface area contributed by atoms with Crippen LogP contribution in [-0.2, 0) is 0 Å². The highest BCUT2D eigenvalue weighted by molar-refractivity contribution is 5.91. The number of anilines is 1. The van der Waals surface area contributed by atoms with E-state index in [0.717, 1.165) is 45.3 Å². The largest absolute Gasteiger partial charge is 0.486 e. The fraction of sp³-hybridized carbons (Fsp3) is 0.375. The fourth-order valence-electron chi connectivity index (χ4n) is 4.44. The van der Waals surface area contributed by atoms with Gasteiger partial charge in [-0.2, -0.15) is 5.10 Å². The number of aromatic amines is 2. The van der Waals surface area contributed by atoms with Crippen molar-refractivity contribution in [2.45, 2.75) is 38.6 Å². The van der Waals surface area contributed by atoms with Gasteiger partial charge >= 0.3 is 0 Å². The van der Waals surface area contributed by atoms with Gasteiger partial charge in [0, 0.05) is 5.56 Å². The van der Waals surface area contributed by atoms with E-state index < -0.39 is 0 Å². The summed E-state index contributed by atoms with van der Waals surface area (Å²) in [4.78, 5) is 12.5. The summed E-state index contributed by atoms with van der Waals surface area (Å²) in [5.41, 5.74) is 5.25. The number of aromatic nitrogens is 5. The first-order valence-electron chi connectivity index (χ1n) is 11.2. The van der Waals surface area contributed by atoms with Gasteiger partial charge in [0.05, 0.1) is 29.0 Å². The Kier molecular flexibility index (Phi) is 4.52. The third kappa shape index (κ3) is 3.36. The lowest BCUT2D eigenvalue weighted by atomic mass is 9.95. The summed E-state index contributed by atoms with van der Waals surface area (Å²) in [7, 11) is 0. The van der Waals surface area contributed by atoms with Crippen LogP contribution in [0.1, 0.15) is 49.8 Å². The Bertz CT molecular complexity index is 1270. The number of hydrogen-bond donors (Lipinski definition) is 3. The van der Waals surface area contributed by atoms with Gasteiger partial charge in [0.15, 0.2) is 11.5 Å². The number of nitrogens with one attached hydrogen (secondary N) is 3. The highest BCUT2D eigenvalue weighted by Gasteiger charge is 2.28. The molecule has 3 aromatic heterocycles. The molecule has 1 saturated carbocycles. The minimum absolute atomic E-state index is 0.0523. The highest BCUT2D eigenvalue weighted by Crippen LogP contribution is 2.44. The van der Waals surface area contributed by atoms with Gasteiger partial charge in [-0.25, -0.2) is 9.97 Å². The summed E-state index contributed by atoms with van der Waals surface area (Å²) in [6.45, 7) is 5.56. The lowest BCUT2D eigenvalue weighted by Gasteiger charge is -2.26. The van der Waals surface area contributed by atoms with Crippen molar-refractivity contribution in [3.8, 4) is 22.9 Å². The van der Waals surface area contributed by atoms with Crippen molar-refractivity contribution in [1.29, 1.82) is 0 Å². The second-order valence-corrected chi connectivity index (χ2v) is 8.91. The second kappa shape index (κ2) is 7.55. The molecule has 164 valence electrons. The number of hydrogen-bond acceptors (Lipinski definition) is 6. The zero-order valence-corrected chi connectivity index (χ0v) is 18.2. The van der Waals surface area contributed by atoms with Crippen LogP contribution >= 0.6 is 0 Å². The van der Waals surface area contributed by atoms with Crippen LogP contribution in [0.15, 0.2) is 36.8 Å². The first-order valence-corrected chi connectivity index (χ1v) is 11.2. The smallest absolute Gasteiger partial charge is 0.161 e. The number of benzene rings is 1. The van der Waals surface area contributed by atoms with Gasteiger partial charge < -0.3 is 19.8 Å². The molecule has 0 saturated heterocycles. The van der Waals surface area contributed by atoms with Gasteiger partial charge in [-0.1, -0.05) is 19.9 Å². The molecule has 32 heavy (non-hydrogen) atoms. The first-order chi connectivity index (χ1) is 15.7. The average Bonchev–Trinajstić information content (AvgIpc) is 3.36. The lowest BCUT2D eigenvalue weighted by Crippen LogP contribution is -2.19. The van der Waals surface area contributed by atoms with Crippen molar-refractivity contribution in [3.63, 3.8) is 0 Å². The quantitative estimate of drug-likeness (QED) is 0.406. The standard InChI is InChI=1S/C24H26N6O2/c1-13(2)21(15-5-6-19-20(9-15)32-8-7-31-19)29-24-16-10-18(28-23(16)25-12-26-24)22-17(11-27-30-22)14-3-4-14/h5-6,9-14,21H,3-4,7-8H2,1-2H3,(H,27,30)(H2,25,26,28,29)/t21-/m1/s1. The van der Waals surface area contributed by atoms with Crippen LogP contribution in [0.3, 0.4) is 0 Å². The summed E-state index contributed by atoms with van der Waals surface area (Å²) in [5.74, 6) is 3.34. The lowest BCUT2D eigenvalue weighted by molar-refractivity contribution is 0.171. The summed E-state index contributed by atoms with van der Waals surface area (Å²) in [6.07, 6.45) is 6.00. The predicted octanol–water partition coefficient (Wildman–Crippen LogP) is 4.81. The third-order valence-corrected chi connectivity index (χ3v) is 6.27. The molecule has 8 nitrogen and oxygen atoms in total. The maximum absolute atomic E-state index is 5.80. The second-order valence-electron chi connectivity index (χ2n) is 8.91. The normalized spacial score (nSPS) is 16.5. The van der Waals surface area contributed by atoms with Crippen molar-refractivity contribution >= 4 is 16.9 Å². The number of H-pyrrole nitrogens is 2. The number of nitrogens with zero attached hydrogens (tertiary/aromatic N) is 3. The van der Waals surface area contributed by atoms with Crippen LogP contribution in [0.5, 0.6) is 11.5 Å². The van der Waals surface area contributed by atoms with Crippen LogP contribution in [0.4, 0.5) is 5.82 Å². The van der Waals surface area contributed by atoms with E-state index in [0.29, 0.717) is 25.0 Å². The van der Waals surface area contributed by atoms with E-state index in [9.17, 15) is 0 Å². The summed E-state index contributed by atoms with van der Waals surface area (Å²) in [5, 5.41) is 12.1. The van der Waals surface area contributed by atoms with Crippen LogP contribution in [-0.4, -0.2) is 38.4 Å². The molecule has 2 aliphatic rings. The Hall–Kier alpha value is -3.55.